The van der Waals surface area contributed by atoms with Gasteiger partial charge in [0.2, 0.25) is 0 Å². The molecule has 1 aliphatic carbocycles. The van der Waals surface area contributed by atoms with Crippen molar-refractivity contribution in [2.45, 2.75) is 45.7 Å². The largest absolute Gasteiger partial charge is 0.351 e. The van der Waals surface area contributed by atoms with E-state index in [4.69, 9.17) is 5.73 Å². The first-order chi connectivity index (χ1) is 9.05. The summed E-state index contributed by atoms with van der Waals surface area (Å²) in [5, 5.41) is 2.13. The molecule has 0 saturated heterocycles. The third-order valence-electron chi connectivity index (χ3n) is 4.02. The molecule has 1 atom stereocenters. The molecule has 102 valence electrons. The number of hydrogen-bond donors (Lipinski definition) is 1. The Morgan fingerprint density at radius 1 is 1.53 bits per heavy atom. The fraction of sp³-hybridized carbons (Fsp3) is 0.533. The van der Waals surface area contributed by atoms with Gasteiger partial charge in [-0.3, -0.25) is 0 Å². The summed E-state index contributed by atoms with van der Waals surface area (Å²) in [5.41, 5.74) is 12.5. The summed E-state index contributed by atoms with van der Waals surface area (Å²) in [7, 11) is 0. The smallest absolute Gasteiger partial charge is 0.0794 e. The van der Waals surface area contributed by atoms with Crippen molar-refractivity contribution in [2.24, 2.45) is 11.1 Å². The average Bonchev–Trinajstić information content (AvgIpc) is 2.93. The predicted molar refractivity (Wildman–Crippen MR) is 79.3 cm³/mol. The number of nitrogens with zero attached hydrogens (tertiary/aromatic N) is 2. The molecule has 4 heteroatoms. The van der Waals surface area contributed by atoms with E-state index in [1.807, 2.05) is 5.51 Å². The van der Waals surface area contributed by atoms with E-state index in [1.165, 1.54) is 17.0 Å². The Morgan fingerprint density at radius 3 is 3.11 bits per heavy atom. The van der Waals surface area contributed by atoms with Crippen molar-refractivity contribution in [1.82, 2.24) is 9.55 Å². The van der Waals surface area contributed by atoms with Crippen molar-refractivity contribution in [2.75, 3.05) is 0 Å². The second kappa shape index (κ2) is 4.76. The van der Waals surface area contributed by atoms with E-state index in [9.17, 15) is 0 Å². The van der Waals surface area contributed by atoms with Gasteiger partial charge in [-0.15, -0.1) is 11.3 Å². The van der Waals surface area contributed by atoms with Gasteiger partial charge >= 0.3 is 0 Å². The Kier molecular flexibility index (Phi) is 3.23. The number of hydrogen-bond acceptors (Lipinski definition) is 3. The number of nitrogens with two attached hydrogens (primary N) is 1. The van der Waals surface area contributed by atoms with Crippen molar-refractivity contribution in [1.29, 1.82) is 0 Å². The van der Waals surface area contributed by atoms with Crippen LogP contribution in [-0.2, 0) is 19.4 Å². The minimum Gasteiger partial charge on any atom is -0.351 e. The van der Waals surface area contributed by atoms with Crippen LogP contribution in [0.1, 0.15) is 43.3 Å². The molecule has 2 heterocycles. The molecule has 2 aromatic rings. The molecule has 0 bridgehead atoms. The number of thiazole rings is 1. The van der Waals surface area contributed by atoms with Crippen LogP contribution in [0.2, 0.25) is 0 Å². The maximum absolute atomic E-state index is 6.30. The lowest BCUT2D eigenvalue weighted by atomic mass is 9.74. The molecule has 3 rings (SSSR count). The Morgan fingerprint density at radius 2 is 2.37 bits per heavy atom. The maximum Gasteiger partial charge on any atom is 0.0794 e. The SMILES string of the molecule is CC1(C)Cc2c(ccn2CCc2cscn2)C(N)C1. The van der Waals surface area contributed by atoms with Crippen LogP contribution in [0.5, 0.6) is 0 Å². The predicted octanol–water partition coefficient (Wildman–Crippen LogP) is 3.16. The molecular formula is C15H21N3S. The van der Waals surface area contributed by atoms with Crippen molar-refractivity contribution in [3.63, 3.8) is 0 Å². The summed E-state index contributed by atoms with van der Waals surface area (Å²) in [6.45, 7) is 5.63. The molecule has 1 aliphatic rings. The van der Waals surface area contributed by atoms with E-state index >= 15 is 0 Å². The second-order valence-electron chi connectivity index (χ2n) is 6.29. The standard InChI is InChI=1S/C15H21N3S/c1-15(2)7-13(16)12-4-6-18(14(12)8-15)5-3-11-9-19-10-17-11/h4,6,9-10,13H,3,5,7-8,16H2,1-2H3. The van der Waals surface area contributed by atoms with Crippen LogP contribution in [0.25, 0.3) is 0 Å². The minimum absolute atomic E-state index is 0.194. The molecule has 0 saturated carbocycles. The topological polar surface area (TPSA) is 43.8 Å². The second-order valence-corrected chi connectivity index (χ2v) is 7.01. The van der Waals surface area contributed by atoms with Gasteiger partial charge in [-0.25, -0.2) is 4.98 Å². The third-order valence-corrected chi connectivity index (χ3v) is 4.66. The summed E-state index contributed by atoms with van der Waals surface area (Å²) in [6.07, 6.45) is 5.40. The molecule has 2 N–H and O–H groups in total. The highest BCUT2D eigenvalue weighted by atomic mass is 32.1. The molecule has 0 fully saturated rings. The van der Waals surface area contributed by atoms with Gasteiger partial charge < -0.3 is 10.3 Å². The Balaban J connectivity index is 1.80. The van der Waals surface area contributed by atoms with Crippen LogP contribution in [0.15, 0.2) is 23.2 Å². The summed E-state index contributed by atoms with van der Waals surface area (Å²) >= 11 is 1.67. The zero-order valence-electron chi connectivity index (χ0n) is 11.6. The first kappa shape index (κ1) is 12.9. The van der Waals surface area contributed by atoms with E-state index < -0.39 is 0 Å². The maximum atomic E-state index is 6.30. The molecule has 19 heavy (non-hydrogen) atoms. The molecule has 0 amide bonds. The molecule has 1 unspecified atom stereocenters. The monoisotopic (exact) mass is 275 g/mol. The van der Waals surface area contributed by atoms with Crippen LogP contribution < -0.4 is 5.73 Å². The van der Waals surface area contributed by atoms with E-state index in [2.05, 4.69) is 41.0 Å². The van der Waals surface area contributed by atoms with Gasteiger partial charge in [0.15, 0.2) is 0 Å². The summed E-state index contributed by atoms with van der Waals surface area (Å²) < 4.78 is 2.37. The van der Waals surface area contributed by atoms with Crippen molar-refractivity contribution in [3.8, 4) is 0 Å². The van der Waals surface area contributed by atoms with Gasteiger partial charge in [0, 0.05) is 36.3 Å². The average molecular weight is 275 g/mol. The molecule has 0 radical (unpaired) electrons. The number of aromatic nitrogens is 2. The van der Waals surface area contributed by atoms with Crippen LogP contribution in [0.4, 0.5) is 0 Å². The van der Waals surface area contributed by atoms with Gasteiger partial charge in [-0.05, 0) is 29.9 Å². The van der Waals surface area contributed by atoms with Gasteiger partial charge in [0.05, 0.1) is 11.2 Å². The van der Waals surface area contributed by atoms with E-state index in [-0.39, 0.29) is 6.04 Å². The van der Waals surface area contributed by atoms with Gasteiger partial charge in [0.25, 0.3) is 0 Å². The van der Waals surface area contributed by atoms with Crippen LogP contribution in [0.3, 0.4) is 0 Å². The van der Waals surface area contributed by atoms with E-state index in [1.54, 1.807) is 11.3 Å². The number of fused-ring (bicyclic) bond motifs is 1. The van der Waals surface area contributed by atoms with E-state index in [0.29, 0.717) is 5.41 Å². The normalized spacial score (nSPS) is 21.3. The summed E-state index contributed by atoms with van der Waals surface area (Å²) in [5.74, 6) is 0. The van der Waals surface area contributed by atoms with Crippen LogP contribution in [-0.4, -0.2) is 9.55 Å². The first-order valence-electron chi connectivity index (χ1n) is 6.86. The van der Waals surface area contributed by atoms with E-state index in [0.717, 1.165) is 25.8 Å². The highest BCUT2D eigenvalue weighted by Crippen LogP contribution is 2.39. The highest BCUT2D eigenvalue weighted by molar-refractivity contribution is 7.07. The van der Waals surface area contributed by atoms with Gasteiger partial charge in [-0.1, -0.05) is 13.8 Å². The van der Waals surface area contributed by atoms with Crippen LogP contribution >= 0.6 is 11.3 Å². The zero-order valence-corrected chi connectivity index (χ0v) is 12.4. The Bertz CT molecular complexity index is 554. The highest BCUT2D eigenvalue weighted by Gasteiger charge is 2.32. The number of rotatable bonds is 3. The quantitative estimate of drug-likeness (QED) is 0.935. The molecule has 3 nitrogen and oxygen atoms in total. The van der Waals surface area contributed by atoms with Crippen molar-refractivity contribution >= 4 is 11.3 Å². The first-order valence-corrected chi connectivity index (χ1v) is 7.80. The van der Waals surface area contributed by atoms with Crippen molar-refractivity contribution < 1.29 is 0 Å². The van der Waals surface area contributed by atoms with Gasteiger partial charge in [-0.2, -0.15) is 0 Å². The van der Waals surface area contributed by atoms with Crippen LogP contribution in [0, 0.1) is 5.41 Å². The molecule has 0 spiro atoms. The minimum atomic E-state index is 0.194. The summed E-state index contributed by atoms with van der Waals surface area (Å²) in [4.78, 5) is 4.35. The van der Waals surface area contributed by atoms with Gasteiger partial charge in [0.1, 0.15) is 0 Å². The molecular weight excluding hydrogens is 254 g/mol. The molecule has 2 aromatic heterocycles. The lowest BCUT2D eigenvalue weighted by Crippen LogP contribution is -2.30. The lowest BCUT2D eigenvalue weighted by Gasteiger charge is -2.34. The zero-order chi connectivity index (χ0) is 13.5. The lowest BCUT2D eigenvalue weighted by molar-refractivity contribution is 0.275. The Labute approximate surface area is 118 Å². The fourth-order valence-electron chi connectivity index (χ4n) is 3.10. The Hall–Kier alpha value is -1.13. The van der Waals surface area contributed by atoms with Crippen molar-refractivity contribution in [3.05, 3.63) is 40.1 Å². The summed E-state index contributed by atoms with van der Waals surface area (Å²) in [6, 6.07) is 2.40. The fourth-order valence-corrected chi connectivity index (χ4v) is 3.69. The number of aryl methyl sites for hydroxylation is 2. The molecule has 0 aliphatic heterocycles. The third kappa shape index (κ3) is 2.60. The molecule has 0 aromatic carbocycles.